The highest BCUT2D eigenvalue weighted by Gasteiger charge is 2.34. The highest BCUT2D eigenvalue weighted by Crippen LogP contribution is 2.30. The zero-order chi connectivity index (χ0) is 11.6. The van der Waals surface area contributed by atoms with Crippen molar-refractivity contribution in [2.24, 2.45) is 5.41 Å². The van der Waals surface area contributed by atoms with Crippen LogP contribution in [-0.2, 0) is 0 Å². The first kappa shape index (κ1) is 11.7. The van der Waals surface area contributed by atoms with Crippen molar-refractivity contribution in [3.8, 4) is 5.88 Å². The second kappa shape index (κ2) is 4.60. The fourth-order valence-electron chi connectivity index (χ4n) is 1.94. The Kier molecular flexibility index (Phi) is 3.36. The number of aromatic nitrogens is 1. The predicted octanol–water partition coefficient (Wildman–Crippen LogP) is 2.50. The van der Waals surface area contributed by atoms with Gasteiger partial charge in [0.05, 0.1) is 0 Å². The fraction of sp³-hybridized carbons (Fsp3) is 0.583. The van der Waals surface area contributed by atoms with Crippen LogP contribution in [0.1, 0.15) is 20.3 Å². The van der Waals surface area contributed by atoms with Gasteiger partial charge in [-0.3, -0.25) is 0 Å². The smallest absolute Gasteiger partial charge is 0.232 e. The third kappa shape index (κ3) is 2.47. The molecule has 1 N–H and O–H groups in total. The van der Waals surface area contributed by atoms with Gasteiger partial charge < -0.3 is 10.1 Å². The van der Waals surface area contributed by atoms with Crippen LogP contribution in [0.3, 0.4) is 0 Å². The van der Waals surface area contributed by atoms with Crippen LogP contribution in [0.25, 0.3) is 0 Å². The van der Waals surface area contributed by atoms with E-state index in [2.05, 4.69) is 24.1 Å². The predicted molar refractivity (Wildman–Crippen MR) is 64.9 cm³/mol. The van der Waals surface area contributed by atoms with Gasteiger partial charge in [-0.1, -0.05) is 25.4 Å². The highest BCUT2D eigenvalue weighted by atomic mass is 35.5. The van der Waals surface area contributed by atoms with E-state index in [1.165, 1.54) is 6.42 Å². The Morgan fingerprint density at radius 3 is 3.06 bits per heavy atom. The lowest BCUT2D eigenvalue weighted by Gasteiger charge is -2.26. The lowest BCUT2D eigenvalue weighted by molar-refractivity contribution is 0.197. The number of halogens is 1. The molecule has 2 rings (SSSR count). The number of nitrogens with one attached hydrogen (secondary N) is 1. The Morgan fingerprint density at radius 2 is 2.44 bits per heavy atom. The van der Waals surface area contributed by atoms with Crippen LogP contribution in [-0.4, -0.2) is 24.2 Å². The van der Waals surface area contributed by atoms with Gasteiger partial charge in [-0.05, 0) is 30.5 Å². The topological polar surface area (TPSA) is 34.1 Å². The Labute approximate surface area is 101 Å². The molecule has 88 valence electrons. The number of hydrogen-bond donors (Lipinski definition) is 1. The summed E-state index contributed by atoms with van der Waals surface area (Å²) in [6, 6.07) is 3.95. The van der Waals surface area contributed by atoms with Gasteiger partial charge in [0.25, 0.3) is 0 Å². The summed E-state index contributed by atoms with van der Waals surface area (Å²) < 4.78 is 5.65. The Hall–Kier alpha value is -0.800. The second-order valence-corrected chi connectivity index (χ2v) is 5.25. The zero-order valence-electron chi connectivity index (χ0n) is 9.66. The van der Waals surface area contributed by atoms with Crippen LogP contribution in [0.15, 0.2) is 18.3 Å². The lowest BCUT2D eigenvalue weighted by Crippen LogP contribution is -2.38. The maximum atomic E-state index is 5.97. The van der Waals surface area contributed by atoms with Crippen LogP contribution in [0, 0.1) is 5.41 Å². The number of rotatable bonds is 3. The Balaban J connectivity index is 1.95. The number of pyridine rings is 1. The molecule has 2 heterocycles. The van der Waals surface area contributed by atoms with Gasteiger partial charge in [-0.25, -0.2) is 4.98 Å². The molecular formula is C12H17ClN2O. The van der Waals surface area contributed by atoms with Gasteiger partial charge in [0.2, 0.25) is 5.88 Å². The number of hydrogen-bond acceptors (Lipinski definition) is 3. The molecule has 0 spiro atoms. The highest BCUT2D eigenvalue weighted by molar-refractivity contribution is 6.31. The van der Waals surface area contributed by atoms with Crippen LogP contribution in [0.2, 0.25) is 5.02 Å². The molecule has 1 atom stereocenters. The van der Waals surface area contributed by atoms with E-state index in [4.69, 9.17) is 16.3 Å². The van der Waals surface area contributed by atoms with E-state index in [-0.39, 0.29) is 5.41 Å². The van der Waals surface area contributed by atoms with E-state index in [1.54, 1.807) is 18.3 Å². The van der Waals surface area contributed by atoms with E-state index in [0.29, 0.717) is 23.6 Å². The SMILES string of the molecule is CC1(C)CCNC1COc1ncccc1Cl. The third-order valence-corrected chi connectivity index (χ3v) is 3.50. The standard InChI is InChI=1S/C12H17ClN2O/c1-12(2)5-7-14-10(12)8-16-11-9(13)4-3-6-15-11/h3-4,6,10,14H,5,7-8H2,1-2H3. The van der Waals surface area contributed by atoms with Crippen molar-refractivity contribution >= 4 is 11.6 Å². The molecule has 1 aromatic rings. The van der Waals surface area contributed by atoms with Crippen molar-refractivity contribution in [2.75, 3.05) is 13.2 Å². The van der Waals surface area contributed by atoms with Crippen molar-refractivity contribution < 1.29 is 4.74 Å². The van der Waals surface area contributed by atoms with Gasteiger partial charge in [0.15, 0.2) is 0 Å². The van der Waals surface area contributed by atoms with Crippen LogP contribution in [0.5, 0.6) is 5.88 Å². The van der Waals surface area contributed by atoms with Crippen molar-refractivity contribution in [1.82, 2.24) is 10.3 Å². The summed E-state index contributed by atoms with van der Waals surface area (Å²) in [7, 11) is 0. The molecule has 1 fully saturated rings. The van der Waals surface area contributed by atoms with Crippen LogP contribution < -0.4 is 10.1 Å². The molecule has 1 unspecified atom stereocenters. The largest absolute Gasteiger partial charge is 0.475 e. The molecule has 1 aliphatic rings. The summed E-state index contributed by atoms with van der Waals surface area (Å²) in [5.41, 5.74) is 0.279. The van der Waals surface area contributed by atoms with E-state index < -0.39 is 0 Å². The van der Waals surface area contributed by atoms with Gasteiger partial charge in [-0.2, -0.15) is 0 Å². The first-order valence-electron chi connectivity index (χ1n) is 5.56. The quantitative estimate of drug-likeness (QED) is 0.882. The van der Waals surface area contributed by atoms with E-state index in [0.717, 1.165) is 6.54 Å². The van der Waals surface area contributed by atoms with Crippen LogP contribution >= 0.6 is 11.6 Å². The van der Waals surface area contributed by atoms with E-state index in [1.807, 2.05) is 0 Å². The Bertz CT molecular complexity index is 368. The number of nitrogens with zero attached hydrogens (tertiary/aromatic N) is 1. The van der Waals surface area contributed by atoms with Crippen LogP contribution in [0.4, 0.5) is 0 Å². The van der Waals surface area contributed by atoms with Crippen molar-refractivity contribution in [3.05, 3.63) is 23.4 Å². The molecule has 1 saturated heterocycles. The van der Waals surface area contributed by atoms with Gasteiger partial charge in [0.1, 0.15) is 11.6 Å². The maximum Gasteiger partial charge on any atom is 0.232 e. The summed E-state index contributed by atoms with van der Waals surface area (Å²) in [6.07, 6.45) is 2.87. The average molecular weight is 241 g/mol. The average Bonchev–Trinajstić information content (AvgIpc) is 2.57. The minimum atomic E-state index is 0.279. The molecule has 3 nitrogen and oxygen atoms in total. The normalized spacial score (nSPS) is 23.3. The zero-order valence-corrected chi connectivity index (χ0v) is 10.4. The maximum absolute atomic E-state index is 5.97. The summed E-state index contributed by atoms with van der Waals surface area (Å²) in [4.78, 5) is 4.11. The summed E-state index contributed by atoms with van der Waals surface area (Å²) in [5.74, 6) is 0.522. The summed E-state index contributed by atoms with van der Waals surface area (Å²) >= 11 is 5.97. The molecular weight excluding hydrogens is 224 g/mol. The van der Waals surface area contributed by atoms with Crippen molar-refractivity contribution in [2.45, 2.75) is 26.3 Å². The fourth-order valence-corrected chi connectivity index (χ4v) is 2.12. The summed E-state index contributed by atoms with van der Waals surface area (Å²) in [5, 5.41) is 4.01. The Morgan fingerprint density at radius 1 is 1.62 bits per heavy atom. The van der Waals surface area contributed by atoms with E-state index in [9.17, 15) is 0 Å². The van der Waals surface area contributed by atoms with Crippen molar-refractivity contribution in [3.63, 3.8) is 0 Å². The third-order valence-electron chi connectivity index (χ3n) is 3.21. The van der Waals surface area contributed by atoms with Gasteiger partial charge in [-0.15, -0.1) is 0 Å². The first-order valence-corrected chi connectivity index (χ1v) is 5.94. The minimum absolute atomic E-state index is 0.279. The second-order valence-electron chi connectivity index (χ2n) is 4.85. The molecule has 16 heavy (non-hydrogen) atoms. The molecule has 1 aliphatic heterocycles. The summed E-state index contributed by atoms with van der Waals surface area (Å²) in [6.45, 7) is 6.17. The molecule has 4 heteroatoms. The van der Waals surface area contributed by atoms with Crippen molar-refractivity contribution in [1.29, 1.82) is 0 Å². The molecule has 0 aliphatic carbocycles. The lowest BCUT2D eigenvalue weighted by atomic mass is 9.85. The van der Waals surface area contributed by atoms with Gasteiger partial charge in [0, 0.05) is 12.2 Å². The van der Waals surface area contributed by atoms with Gasteiger partial charge >= 0.3 is 0 Å². The monoisotopic (exact) mass is 240 g/mol. The molecule has 1 aromatic heterocycles. The molecule has 0 radical (unpaired) electrons. The van der Waals surface area contributed by atoms with E-state index >= 15 is 0 Å². The molecule has 0 aromatic carbocycles. The molecule has 0 bridgehead atoms. The molecule has 0 saturated carbocycles. The first-order chi connectivity index (χ1) is 7.59. The number of ether oxygens (including phenoxy) is 1. The minimum Gasteiger partial charge on any atom is -0.475 e. The molecule has 0 amide bonds.